The van der Waals surface area contributed by atoms with Crippen molar-refractivity contribution in [2.45, 2.75) is 6.92 Å². The van der Waals surface area contributed by atoms with E-state index in [-0.39, 0.29) is 22.1 Å². The predicted octanol–water partition coefficient (Wildman–Crippen LogP) is 1.86. The number of carbonyl (C=O) groups excluding carboxylic acids is 2. The van der Waals surface area contributed by atoms with Crippen LogP contribution in [0.25, 0.3) is 0 Å². The molecule has 19 heavy (non-hydrogen) atoms. The summed E-state index contributed by atoms with van der Waals surface area (Å²) in [6.45, 7) is 2.14. The maximum atomic E-state index is 12.1. The number of benzene rings is 1. The molecular weight excluding hydrogens is 272 g/mol. The summed E-state index contributed by atoms with van der Waals surface area (Å²) in [5, 5.41) is 12.2. The molecule has 0 atom stereocenters. The van der Waals surface area contributed by atoms with Gasteiger partial charge in [0.2, 0.25) is 0 Å². The van der Waals surface area contributed by atoms with Crippen molar-refractivity contribution in [1.29, 1.82) is 0 Å². The van der Waals surface area contributed by atoms with E-state index in [1.54, 1.807) is 6.92 Å². The van der Waals surface area contributed by atoms with E-state index in [0.717, 1.165) is 4.90 Å². The minimum Gasteiger partial charge on any atom is -0.504 e. The van der Waals surface area contributed by atoms with Gasteiger partial charge in [0, 0.05) is 19.7 Å². The Kier molecular flexibility index (Phi) is 5.00. The molecule has 0 unspecified atom stereocenters. The Morgan fingerprint density at radius 2 is 2.11 bits per heavy atom. The van der Waals surface area contributed by atoms with E-state index in [4.69, 9.17) is 16.3 Å². The van der Waals surface area contributed by atoms with Crippen LogP contribution in [-0.4, -0.2) is 42.6 Å². The minimum absolute atomic E-state index is 0.0220. The Morgan fingerprint density at radius 1 is 1.47 bits per heavy atom. The molecule has 0 fully saturated rings. The van der Waals surface area contributed by atoms with Gasteiger partial charge in [0.25, 0.3) is 5.91 Å². The van der Waals surface area contributed by atoms with E-state index in [9.17, 15) is 14.7 Å². The fourth-order valence-corrected chi connectivity index (χ4v) is 1.65. The number of methoxy groups -OCH3 is 1. The van der Waals surface area contributed by atoms with E-state index < -0.39 is 11.9 Å². The molecule has 3 amide bonds. The summed E-state index contributed by atoms with van der Waals surface area (Å²) in [5.74, 6) is -0.685. The first kappa shape index (κ1) is 15.1. The van der Waals surface area contributed by atoms with Crippen LogP contribution in [0, 0.1) is 0 Å². The number of urea groups is 1. The highest BCUT2D eigenvalue weighted by atomic mass is 35.5. The van der Waals surface area contributed by atoms with Crippen molar-refractivity contribution in [1.82, 2.24) is 10.2 Å². The van der Waals surface area contributed by atoms with Crippen LogP contribution >= 0.6 is 11.6 Å². The molecule has 1 aromatic rings. The fourth-order valence-electron chi connectivity index (χ4n) is 1.41. The van der Waals surface area contributed by atoms with E-state index in [1.807, 2.05) is 0 Å². The van der Waals surface area contributed by atoms with Gasteiger partial charge in [0.15, 0.2) is 11.5 Å². The average Bonchev–Trinajstić information content (AvgIpc) is 2.39. The number of phenols is 1. The maximum Gasteiger partial charge on any atom is 0.324 e. The lowest BCUT2D eigenvalue weighted by atomic mass is 10.1. The molecule has 0 aliphatic rings. The Bertz CT molecular complexity index is 505. The van der Waals surface area contributed by atoms with Crippen molar-refractivity contribution in [2.75, 3.05) is 20.7 Å². The van der Waals surface area contributed by atoms with Crippen LogP contribution in [0.5, 0.6) is 11.5 Å². The number of halogens is 1. The molecule has 2 N–H and O–H groups in total. The SMILES string of the molecule is CCNC(=O)N(C)C(=O)c1cc(O)c(OC)cc1Cl. The first-order valence-corrected chi connectivity index (χ1v) is 5.92. The van der Waals surface area contributed by atoms with Gasteiger partial charge < -0.3 is 15.2 Å². The summed E-state index contributed by atoms with van der Waals surface area (Å²) in [6.07, 6.45) is 0. The number of aromatic hydroxyl groups is 1. The molecule has 6 nitrogen and oxygen atoms in total. The fraction of sp³-hybridized carbons (Fsp3) is 0.333. The third-order valence-electron chi connectivity index (χ3n) is 2.44. The predicted molar refractivity (Wildman–Crippen MR) is 70.8 cm³/mol. The van der Waals surface area contributed by atoms with E-state index >= 15 is 0 Å². The zero-order chi connectivity index (χ0) is 14.6. The molecule has 0 aliphatic heterocycles. The number of phenolic OH excluding ortho intramolecular Hbond substituents is 1. The van der Waals surface area contributed by atoms with Gasteiger partial charge in [-0.2, -0.15) is 0 Å². The highest BCUT2D eigenvalue weighted by molar-refractivity contribution is 6.34. The number of amides is 3. The van der Waals surface area contributed by atoms with Crippen molar-refractivity contribution in [3.63, 3.8) is 0 Å². The van der Waals surface area contributed by atoms with Gasteiger partial charge in [-0.05, 0) is 13.0 Å². The van der Waals surface area contributed by atoms with E-state index in [0.29, 0.717) is 6.54 Å². The van der Waals surface area contributed by atoms with Gasteiger partial charge in [0.1, 0.15) is 0 Å². The number of hydrogen-bond acceptors (Lipinski definition) is 4. The van der Waals surface area contributed by atoms with Crippen LogP contribution in [0.2, 0.25) is 5.02 Å². The van der Waals surface area contributed by atoms with Gasteiger partial charge in [-0.1, -0.05) is 11.6 Å². The number of nitrogens with zero attached hydrogens (tertiary/aromatic N) is 1. The molecule has 7 heteroatoms. The standard InChI is InChI=1S/C12H15ClN2O4/c1-4-14-12(18)15(2)11(17)7-5-9(16)10(19-3)6-8(7)13/h5-6,16H,4H2,1-3H3,(H,14,18). The second-order valence-corrected chi connectivity index (χ2v) is 4.11. The quantitative estimate of drug-likeness (QED) is 0.889. The molecule has 1 aromatic carbocycles. The zero-order valence-corrected chi connectivity index (χ0v) is 11.6. The lowest BCUT2D eigenvalue weighted by Gasteiger charge is -2.17. The van der Waals surface area contributed by atoms with Crippen molar-refractivity contribution in [3.8, 4) is 11.5 Å². The highest BCUT2D eigenvalue weighted by Crippen LogP contribution is 2.32. The minimum atomic E-state index is -0.617. The molecule has 1 rings (SSSR count). The van der Waals surface area contributed by atoms with Gasteiger partial charge in [0.05, 0.1) is 17.7 Å². The van der Waals surface area contributed by atoms with Gasteiger partial charge in [-0.25, -0.2) is 4.79 Å². The Balaban J connectivity index is 3.06. The van der Waals surface area contributed by atoms with E-state index in [2.05, 4.69) is 5.32 Å². The molecule has 0 heterocycles. The Morgan fingerprint density at radius 3 is 2.63 bits per heavy atom. The number of rotatable bonds is 3. The van der Waals surface area contributed by atoms with Crippen LogP contribution in [0.1, 0.15) is 17.3 Å². The molecular formula is C12H15ClN2O4. The second-order valence-electron chi connectivity index (χ2n) is 3.70. The van der Waals surface area contributed by atoms with Crippen molar-refractivity contribution in [3.05, 3.63) is 22.7 Å². The highest BCUT2D eigenvalue weighted by Gasteiger charge is 2.22. The normalized spacial score (nSPS) is 9.89. The summed E-state index contributed by atoms with van der Waals surface area (Å²) in [4.78, 5) is 24.5. The molecule has 0 bridgehead atoms. The van der Waals surface area contributed by atoms with Gasteiger partial charge in [-0.15, -0.1) is 0 Å². The zero-order valence-electron chi connectivity index (χ0n) is 10.9. The maximum absolute atomic E-state index is 12.1. The number of imide groups is 1. The third kappa shape index (κ3) is 3.29. The summed E-state index contributed by atoms with van der Waals surface area (Å²) in [6, 6.07) is 1.94. The topological polar surface area (TPSA) is 78.9 Å². The van der Waals surface area contributed by atoms with Crippen molar-refractivity contribution >= 4 is 23.5 Å². The molecule has 0 aliphatic carbocycles. The van der Waals surface area contributed by atoms with Crippen LogP contribution in [0.3, 0.4) is 0 Å². The smallest absolute Gasteiger partial charge is 0.324 e. The van der Waals surface area contributed by atoms with Crippen molar-refractivity contribution in [2.24, 2.45) is 0 Å². The number of ether oxygens (including phenoxy) is 1. The summed E-state index contributed by atoms with van der Waals surface area (Å²) >= 11 is 5.93. The number of carbonyl (C=O) groups is 2. The van der Waals surface area contributed by atoms with Crippen LogP contribution in [0.4, 0.5) is 4.79 Å². The van der Waals surface area contributed by atoms with Crippen LogP contribution in [-0.2, 0) is 0 Å². The van der Waals surface area contributed by atoms with Crippen LogP contribution < -0.4 is 10.1 Å². The monoisotopic (exact) mass is 286 g/mol. The van der Waals surface area contributed by atoms with Gasteiger partial charge >= 0.3 is 6.03 Å². The summed E-state index contributed by atoms with van der Waals surface area (Å²) in [7, 11) is 2.69. The lowest BCUT2D eigenvalue weighted by Crippen LogP contribution is -2.41. The lowest BCUT2D eigenvalue weighted by molar-refractivity contribution is 0.0831. The Hall–Kier alpha value is -1.95. The average molecular weight is 287 g/mol. The second kappa shape index (κ2) is 6.29. The first-order valence-electron chi connectivity index (χ1n) is 5.54. The molecule has 0 saturated carbocycles. The number of nitrogens with one attached hydrogen (secondary N) is 1. The van der Waals surface area contributed by atoms with Crippen LogP contribution in [0.15, 0.2) is 12.1 Å². The molecule has 104 valence electrons. The molecule has 0 saturated heterocycles. The third-order valence-corrected chi connectivity index (χ3v) is 2.75. The molecule has 0 radical (unpaired) electrons. The summed E-state index contributed by atoms with van der Waals surface area (Å²) in [5.41, 5.74) is 0.0220. The Labute approximate surface area is 115 Å². The largest absolute Gasteiger partial charge is 0.504 e. The molecule has 0 aromatic heterocycles. The molecule has 0 spiro atoms. The van der Waals surface area contributed by atoms with Gasteiger partial charge in [-0.3, -0.25) is 9.69 Å². The number of hydrogen-bond donors (Lipinski definition) is 2. The van der Waals surface area contributed by atoms with Crippen molar-refractivity contribution < 1.29 is 19.4 Å². The summed E-state index contributed by atoms with van der Waals surface area (Å²) < 4.78 is 4.87. The van der Waals surface area contributed by atoms with E-state index in [1.165, 1.54) is 26.3 Å². The first-order chi connectivity index (χ1) is 8.92.